The molecule has 2 aromatic carbocycles. The summed E-state index contributed by atoms with van der Waals surface area (Å²) in [7, 11) is 0. The molecule has 5 rings (SSSR count). The summed E-state index contributed by atoms with van der Waals surface area (Å²) in [6.45, 7) is 1.22. The molecule has 1 saturated heterocycles. The monoisotopic (exact) mass is 429 g/mol. The van der Waals surface area contributed by atoms with Crippen molar-refractivity contribution in [3.63, 3.8) is 0 Å². The van der Waals surface area contributed by atoms with Crippen molar-refractivity contribution in [3.05, 3.63) is 58.6 Å². The van der Waals surface area contributed by atoms with Crippen LogP contribution in [-0.2, 0) is 4.74 Å². The molecule has 3 aromatic rings. The van der Waals surface area contributed by atoms with Gasteiger partial charge in [0.05, 0.1) is 22.3 Å². The second-order valence-corrected chi connectivity index (χ2v) is 8.58. The summed E-state index contributed by atoms with van der Waals surface area (Å²) >= 11 is 3.51. The van der Waals surface area contributed by atoms with Crippen molar-refractivity contribution in [2.24, 2.45) is 0 Å². The van der Waals surface area contributed by atoms with Crippen molar-refractivity contribution in [3.8, 4) is 0 Å². The van der Waals surface area contributed by atoms with E-state index in [9.17, 15) is 4.39 Å². The van der Waals surface area contributed by atoms with Crippen LogP contribution >= 0.6 is 15.9 Å². The fraction of sp³-hybridized carbons (Fsp3) is 0.381. The molecule has 2 fully saturated rings. The molecule has 1 aliphatic heterocycles. The molecule has 1 spiro atoms. The van der Waals surface area contributed by atoms with E-state index in [0.717, 1.165) is 53.6 Å². The third-order valence-corrected chi connectivity index (χ3v) is 6.44. The van der Waals surface area contributed by atoms with Crippen molar-refractivity contribution in [1.29, 1.82) is 0 Å². The summed E-state index contributed by atoms with van der Waals surface area (Å²) in [4.78, 5) is 10.3. The number of fused-ring (bicyclic) bond motifs is 1. The third-order valence-electron chi connectivity index (χ3n) is 5.94. The number of anilines is 1. The molecule has 0 amide bonds. The molecular formula is C21H21BrFN3O. The molecule has 1 aromatic heterocycles. The van der Waals surface area contributed by atoms with E-state index in [-0.39, 0.29) is 11.4 Å². The first-order chi connectivity index (χ1) is 13.1. The standard InChI is InChI=1S/C21H21BrFN3O/c22-15-5-6-17-18(11-15)25-20(24-17)14-7-9-21(10-8-14)12-26(13-27-21)19-4-2-1-3-16(19)23/h1-6,11,14H,7-10,12-13H2,(H,24,25). The van der Waals surface area contributed by atoms with Crippen LogP contribution in [0.2, 0.25) is 0 Å². The van der Waals surface area contributed by atoms with Crippen molar-refractivity contribution >= 4 is 32.7 Å². The lowest BCUT2D eigenvalue weighted by molar-refractivity contribution is -0.0209. The van der Waals surface area contributed by atoms with E-state index in [1.165, 1.54) is 6.07 Å². The second kappa shape index (κ2) is 6.60. The lowest BCUT2D eigenvalue weighted by atomic mass is 9.78. The van der Waals surface area contributed by atoms with Crippen LogP contribution in [0.3, 0.4) is 0 Å². The van der Waals surface area contributed by atoms with Crippen LogP contribution in [0.25, 0.3) is 11.0 Å². The Hall–Kier alpha value is -1.92. The molecule has 140 valence electrons. The number of ether oxygens (including phenoxy) is 1. The average molecular weight is 430 g/mol. The number of nitrogens with zero attached hydrogens (tertiary/aromatic N) is 2. The number of para-hydroxylation sites is 1. The Morgan fingerprint density at radius 3 is 2.81 bits per heavy atom. The number of hydrogen-bond donors (Lipinski definition) is 1. The minimum atomic E-state index is -0.180. The molecule has 1 saturated carbocycles. The second-order valence-electron chi connectivity index (χ2n) is 7.66. The van der Waals surface area contributed by atoms with Gasteiger partial charge in [-0.1, -0.05) is 28.1 Å². The zero-order chi connectivity index (χ0) is 18.4. The quantitative estimate of drug-likeness (QED) is 0.596. The first-order valence-corrected chi connectivity index (χ1v) is 10.2. The van der Waals surface area contributed by atoms with Crippen molar-refractivity contribution < 1.29 is 9.13 Å². The van der Waals surface area contributed by atoms with Gasteiger partial charge in [0, 0.05) is 16.9 Å². The molecule has 2 heterocycles. The van der Waals surface area contributed by atoms with Crippen molar-refractivity contribution in [1.82, 2.24) is 9.97 Å². The molecule has 0 atom stereocenters. The smallest absolute Gasteiger partial charge is 0.146 e. The summed E-state index contributed by atoms with van der Waals surface area (Å²) in [5.41, 5.74) is 2.56. The number of aromatic amines is 1. The number of benzene rings is 2. The van der Waals surface area contributed by atoms with Gasteiger partial charge in [0.15, 0.2) is 0 Å². The van der Waals surface area contributed by atoms with Crippen LogP contribution in [-0.4, -0.2) is 28.8 Å². The fourth-order valence-corrected chi connectivity index (χ4v) is 4.79. The summed E-state index contributed by atoms with van der Waals surface area (Å²) in [6.07, 6.45) is 4.02. The highest BCUT2D eigenvalue weighted by Crippen LogP contribution is 2.43. The zero-order valence-electron chi connectivity index (χ0n) is 14.9. The summed E-state index contributed by atoms with van der Waals surface area (Å²) in [5, 5.41) is 0. The number of aromatic nitrogens is 2. The lowest BCUT2D eigenvalue weighted by Crippen LogP contribution is -2.38. The van der Waals surface area contributed by atoms with Gasteiger partial charge < -0.3 is 14.6 Å². The maximum absolute atomic E-state index is 14.1. The Morgan fingerprint density at radius 1 is 1.19 bits per heavy atom. The molecule has 1 N–H and O–H groups in total. The molecule has 0 bridgehead atoms. The molecule has 27 heavy (non-hydrogen) atoms. The first-order valence-electron chi connectivity index (χ1n) is 9.41. The SMILES string of the molecule is Fc1ccccc1N1COC2(CCC(c3nc4ccc(Br)cc4[nH]3)CC2)C1. The van der Waals surface area contributed by atoms with E-state index >= 15 is 0 Å². The number of rotatable bonds is 2. The van der Waals surface area contributed by atoms with Gasteiger partial charge in [0.2, 0.25) is 0 Å². The topological polar surface area (TPSA) is 41.1 Å². The zero-order valence-corrected chi connectivity index (χ0v) is 16.5. The Balaban J connectivity index is 1.29. The number of H-pyrrole nitrogens is 1. The fourth-order valence-electron chi connectivity index (χ4n) is 4.43. The van der Waals surface area contributed by atoms with Gasteiger partial charge in [0.25, 0.3) is 0 Å². The van der Waals surface area contributed by atoms with Gasteiger partial charge in [0.1, 0.15) is 18.4 Å². The molecule has 4 nitrogen and oxygen atoms in total. The molecular weight excluding hydrogens is 409 g/mol. The largest absolute Gasteiger partial charge is 0.353 e. The van der Waals surface area contributed by atoms with E-state index in [1.807, 2.05) is 29.2 Å². The minimum absolute atomic E-state index is 0.159. The van der Waals surface area contributed by atoms with Crippen LogP contribution in [0, 0.1) is 5.82 Å². The summed E-state index contributed by atoms with van der Waals surface area (Å²) in [5.74, 6) is 1.31. The first kappa shape index (κ1) is 17.2. The van der Waals surface area contributed by atoms with E-state index in [2.05, 4.69) is 27.0 Å². The van der Waals surface area contributed by atoms with Crippen molar-refractivity contribution in [2.45, 2.75) is 37.2 Å². The van der Waals surface area contributed by atoms with E-state index in [4.69, 9.17) is 9.72 Å². The van der Waals surface area contributed by atoms with Gasteiger partial charge in [-0.2, -0.15) is 0 Å². The van der Waals surface area contributed by atoms with Gasteiger partial charge >= 0.3 is 0 Å². The maximum atomic E-state index is 14.1. The average Bonchev–Trinajstić information content (AvgIpc) is 3.27. The van der Waals surface area contributed by atoms with Crippen LogP contribution in [0.15, 0.2) is 46.9 Å². The predicted octanol–water partition coefficient (Wildman–Crippen LogP) is 5.36. The molecule has 2 aliphatic rings. The molecule has 6 heteroatoms. The van der Waals surface area contributed by atoms with Crippen LogP contribution < -0.4 is 4.90 Å². The minimum Gasteiger partial charge on any atom is -0.353 e. The van der Waals surface area contributed by atoms with Gasteiger partial charge in [-0.3, -0.25) is 0 Å². The summed E-state index contributed by atoms with van der Waals surface area (Å²) < 4.78 is 21.3. The van der Waals surface area contributed by atoms with E-state index in [1.54, 1.807) is 6.07 Å². The van der Waals surface area contributed by atoms with Gasteiger partial charge in [-0.25, -0.2) is 9.37 Å². The number of halogens is 2. The number of imidazole rings is 1. The number of nitrogens with one attached hydrogen (secondary N) is 1. The Kier molecular flexibility index (Phi) is 4.20. The van der Waals surface area contributed by atoms with Crippen LogP contribution in [0.5, 0.6) is 0 Å². The van der Waals surface area contributed by atoms with Gasteiger partial charge in [-0.15, -0.1) is 0 Å². The Labute approximate surface area is 165 Å². The normalized spacial score (nSPS) is 25.6. The number of hydrogen-bond acceptors (Lipinski definition) is 3. The van der Waals surface area contributed by atoms with Gasteiger partial charge in [-0.05, 0) is 56.0 Å². The highest BCUT2D eigenvalue weighted by molar-refractivity contribution is 9.10. The summed E-state index contributed by atoms with van der Waals surface area (Å²) in [6, 6.07) is 13.1. The van der Waals surface area contributed by atoms with Crippen molar-refractivity contribution in [2.75, 3.05) is 18.2 Å². The van der Waals surface area contributed by atoms with E-state index < -0.39 is 0 Å². The van der Waals surface area contributed by atoms with E-state index in [0.29, 0.717) is 18.3 Å². The third kappa shape index (κ3) is 3.15. The maximum Gasteiger partial charge on any atom is 0.146 e. The Morgan fingerprint density at radius 2 is 2.00 bits per heavy atom. The Bertz CT molecular complexity index is 980. The van der Waals surface area contributed by atoms with Crippen LogP contribution in [0.1, 0.15) is 37.4 Å². The highest BCUT2D eigenvalue weighted by Gasteiger charge is 2.43. The van der Waals surface area contributed by atoms with Crippen LogP contribution in [0.4, 0.5) is 10.1 Å². The molecule has 1 aliphatic carbocycles. The molecule has 0 unspecified atom stereocenters. The highest BCUT2D eigenvalue weighted by atomic mass is 79.9. The lowest BCUT2D eigenvalue weighted by Gasteiger charge is -2.35. The predicted molar refractivity (Wildman–Crippen MR) is 107 cm³/mol. The molecule has 0 radical (unpaired) electrons.